The molecule has 0 aliphatic carbocycles. The molecule has 0 saturated heterocycles. The van der Waals surface area contributed by atoms with Gasteiger partial charge in [-0.3, -0.25) is 0 Å². The van der Waals surface area contributed by atoms with E-state index in [1.807, 2.05) is 6.07 Å². The molecule has 0 aliphatic rings. The molecule has 2 aromatic rings. The van der Waals surface area contributed by atoms with Crippen LogP contribution in [0.1, 0.15) is 49.3 Å². The molecular weight excluding hydrogens is 226 g/mol. The minimum absolute atomic E-state index is 0.459. The van der Waals surface area contributed by atoms with E-state index in [0.29, 0.717) is 5.92 Å². The molecule has 0 radical (unpaired) electrons. The van der Waals surface area contributed by atoms with E-state index in [1.165, 1.54) is 11.8 Å². The summed E-state index contributed by atoms with van der Waals surface area (Å²) in [5.74, 6) is 0.529. The van der Waals surface area contributed by atoms with Crippen LogP contribution in [0.5, 0.6) is 0 Å². The third kappa shape index (κ3) is 3.44. The quantitative estimate of drug-likeness (QED) is 0.844. The number of aliphatic hydroxyl groups is 1. The van der Waals surface area contributed by atoms with Gasteiger partial charge in [-0.25, -0.2) is 0 Å². The fourth-order valence-electron chi connectivity index (χ4n) is 2.11. The Hall–Kier alpha value is -1.61. The molecule has 2 atom stereocenters. The highest BCUT2D eigenvalue weighted by atomic mass is 16.5. The fraction of sp³-hybridized carbons (Fsp3) is 0.400. The van der Waals surface area contributed by atoms with Gasteiger partial charge in [0.1, 0.15) is 6.26 Å². The zero-order valence-corrected chi connectivity index (χ0v) is 10.6. The van der Waals surface area contributed by atoms with E-state index in [1.54, 1.807) is 6.20 Å². The molecule has 3 heteroatoms. The zero-order chi connectivity index (χ0) is 12.8. The maximum absolute atomic E-state index is 9.89. The van der Waals surface area contributed by atoms with E-state index in [-0.39, 0.29) is 0 Å². The number of hydrogen-bond acceptors (Lipinski definition) is 3. The Bertz CT molecular complexity index is 439. The van der Waals surface area contributed by atoms with E-state index in [2.05, 4.69) is 36.3 Å². The van der Waals surface area contributed by atoms with Gasteiger partial charge in [0.15, 0.2) is 0 Å². The van der Waals surface area contributed by atoms with Gasteiger partial charge in [0.25, 0.3) is 0 Å². The number of hydrogen-bond donors (Lipinski definition) is 1. The van der Waals surface area contributed by atoms with E-state index in [9.17, 15) is 5.11 Å². The van der Waals surface area contributed by atoms with Crippen LogP contribution in [-0.2, 0) is 0 Å². The smallest absolute Gasteiger partial charge is 0.129 e. The van der Waals surface area contributed by atoms with Crippen LogP contribution in [0.25, 0.3) is 0 Å². The number of benzene rings is 1. The van der Waals surface area contributed by atoms with Crippen LogP contribution in [-0.4, -0.2) is 10.3 Å². The van der Waals surface area contributed by atoms with Crippen LogP contribution in [0.2, 0.25) is 0 Å². The van der Waals surface area contributed by atoms with Gasteiger partial charge in [-0.15, -0.1) is 0 Å². The maximum atomic E-state index is 9.89. The minimum atomic E-state index is -0.459. The minimum Gasteiger partial charge on any atom is -0.388 e. The lowest BCUT2D eigenvalue weighted by Gasteiger charge is -2.13. The third-order valence-corrected chi connectivity index (χ3v) is 3.32. The topological polar surface area (TPSA) is 46.3 Å². The van der Waals surface area contributed by atoms with Gasteiger partial charge < -0.3 is 9.63 Å². The number of aliphatic hydroxyl groups excluding tert-OH is 1. The summed E-state index contributed by atoms with van der Waals surface area (Å²) in [6.07, 6.45) is 5.43. The first-order valence-corrected chi connectivity index (χ1v) is 6.39. The molecule has 1 aromatic heterocycles. The lowest BCUT2D eigenvalue weighted by Crippen LogP contribution is -1.98. The highest BCUT2D eigenvalue weighted by Crippen LogP contribution is 2.24. The number of rotatable bonds is 6. The summed E-state index contributed by atoms with van der Waals surface area (Å²) in [4.78, 5) is 0. The molecule has 2 rings (SSSR count). The van der Waals surface area contributed by atoms with Gasteiger partial charge in [-0.2, -0.15) is 0 Å². The first kappa shape index (κ1) is 12.8. The van der Waals surface area contributed by atoms with Crippen molar-refractivity contribution < 1.29 is 9.63 Å². The second kappa shape index (κ2) is 6.36. The number of aromatic nitrogens is 1. The Morgan fingerprint density at radius 1 is 1.17 bits per heavy atom. The molecule has 0 fully saturated rings. The van der Waals surface area contributed by atoms with Crippen molar-refractivity contribution in [2.75, 3.05) is 0 Å². The average molecular weight is 245 g/mol. The van der Waals surface area contributed by atoms with Crippen molar-refractivity contribution in [1.29, 1.82) is 0 Å². The molecule has 2 unspecified atom stereocenters. The van der Waals surface area contributed by atoms with Crippen LogP contribution in [0.4, 0.5) is 0 Å². The molecule has 1 N–H and O–H groups in total. The molecule has 0 spiro atoms. The second-order valence-electron chi connectivity index (χ2n) is 4.72. The highest BCUT2D eigenvalue weighted by molar-refractivity contribution is 5.18. The Kier molecular flexibility index (Phi) is 4.53. The summed E-state index contributed by atoms with van der Waals surface area (Å²) in [5, 5.41) is 13.5. The molecule has 0 amide bonds. The molecule has 0 aliphatic heterocycles. The predicted molar refractivity (Wildman–Crippen MR) is 70.2 cm³/mol. The van der Waals surface area contributed by atoms with Crippen molar-refractivity contribution in [2.24, 2.45) is 0 Å². The van der Waals surface area contributed by atoms with Crippen LogP contribution < -0.4 is 0 Å². The Morgan fingerprint density at radius 2 is 1.94 bits per heavy atom. The van der Waals surface area contributed by atoms with E-state index >= 15 is 0 Å². The summed E-state index contributed by atoms with van der Waals surface area (Å²) in [6.45, 7) is 2.22. The lowest BCUT2D eigenvalue weighted by molar-refractivity contribution is 0.162. The molecule has 0 bridgehead atoms. The van der Waals surface area contributed by atoms with Crippen LogP contribution in [0.15, 0.2) is 47.3 Å². The summed E-state index contributed by atoms with van der Waals surface area (Å²) in [5.41, 5.74) is 2.12. The first-order chi connectivity index (χ1) is 8.77. The van der Waals surface area contributed by atoms with Crippen molar-refractivity contribution in [1.82, 2.24) is 5.16 Å². The van der Waals surface area contributed by atoms with Gasteiger partial charge in [0.05, 0.1) is 12.3 Å². The van der Waals surface area contributed by atoms with Crippen molar-refractivity contribution in [3.63, 3.8) is 0 Å². The molecule has 3 nitrogen and oxygen atoms in total. The summed E-state index contributed by atoms with van der Waals surface area (Å²) < 4.78 is 4.72. The molecule has 1 heterocycles. The maximum Gasteiger partial charge on any atom is 0.129 e. The second-order valence-corrected chi connectivity index (χ2v) is 4.72. The van der Waals surface area contributed by atoms with Crippen LogP contribution >= 0.6 is 0 Å². The van der Waals surface area contributed by atoms with Crippen molar-refractivity contribution in [2.45, 2.75) is 38.2 Å². The van der Waals surface area contributed by atoms with Gasteiger partial charge in [-0.05, 0) is 30.7 Å². The largest absolute Gasteiger partial charge is 0.388 e. The predicted octanol–water partition coefficient (Wildman–Crippen LogP) is 3.68. The van der Waals surface area contributed by atoms with Crippen molar-refractivity contribution in [3.8, 4) is 0 Å². The highest BCUT2D eigenvalue weighted by Gasteiger charge is 2.11. The molecule has 1 aromatic carbocycles. The average Bonchev–Trinajstić information content (AvgIpc) is 2.93. The molecule has 18 heavy (non-hydrogen) atoms. The van der Waals surface area contributed by atoms with Gasteiger partial charge in [0.2, 0.25) is 0 Å². The monoisotopic (exact) mass is 245 g/mol. The zero-order valence-electron chi connectivity index (χ0n) is 10.6. The molecule has 96 valence electrons. The van der Waals surface area contributed by atoms with Crippen molar-refractivity contribution in [3.05, 3.63) is 53.9 Å². The van der Waals surface area contributed by atoms with Crippen LogP contribution in [0.3, 0.4) is 0 Å². The summed E-state index contributed by atoms with van der Waals surface area (Å²) in [6, 6.07) is 10.5. The third-order valence-electron chi connectivity index (χ3n) is 3.32. The molecular formula is C15H19NO2. The Labute approximate surface area is 107 Å². The normalized spacial score (nSPS) is 14.3. The van der Waals surface area contributed by atoms with E-state index < -0.39 is 6.10 Å². The summed E-state index contributed by atoms with van der Waals surface area (Å²) in [7, 11) is 0. The van der Waals surface area contributed by atoms with E-state index in [4.69, 9.17) is 4.52 Å². The summed E-state index contributed by atoms with van der Waals surface area (Å²) >= 11 is 0. The Morgan fingerprint density at radius 3 is 2.61 bits per heavy atom. The SMILES string of the molecule is CC(CCCC(O)c1cnoc1)c1ccccc1. The number of nitrogens with zero attached hydrogens (tertiary/aromatic N) is 1. The Balaban J connectivity index is 1.76. The van der Waals surface area contributed by atoms with Crippen molar-refractivity contribution >= 4 is 0 Å². The van der Waals surface area contributed by atoms with Gasteiger partial charge in [-0.1, -0.05) is 42.4 Å². The fourth-order valence-corrected chi connectivity index (χ4v) is 2.11. The van der Waals surface area contributed by atoms with Gasteiger partial charge in [0, 0.05) is 5.56 Å². The lowest BCUT2D eigenvalue weighted by atomic mass is 9.94. The molecule has 0 saturated carbocycles. The van der Waals surface area contributed by atoms with Crippen LogP contribution in [0, 0.1) is 0 Å². The first-order valence-electron chi connectivity index (χ1n) is 6.39. The standard InChI is InChI=1S/C15H19NO2/c1-12(13-7-3-2-4-8-13)6-5-9-15(17)14-10-16-18-11-14/h2-4,7-8,10-12,15,17H,5-6,9H2,1H3. The van der Waals surface area contributed by atoms with E-state index in [0.717, 1.165) is 24.8 Å². The van der Waals surface area contributed by atoms with Gasteiger partial charge >= 0.3 is 0 Å².